The second kappa shape index (κ2) is 10.4. The molecule has 3 rings (SSSR count). The van der Waals surface area contributed by atoms with Crippen LogP contribution in [-0.2, 0) is 27.9 Å². The van der Waals surface area contributed by atoms with Crippen molar-refractivity contribution in [1.29, 1.82) is 0 Å². The number of nitrogens with zero attached hydrogens (tertiary/aromatic N) is 4. The van der Waals surface area contributed by atoms with Crippen LogP contribution in [0.2, 0.25) is 0 Å². The number of aryl methyl sites for hydroxylation is 2. The van der Waals surface area contributed by atoms with Crippen molar-refractivity contribution in [2.24, 2.45) is 7.05 Å². The summed E-state index contributed by atoms with van der Waals surface area (Å²) in [5.74, 6) is -0.0814. The van der Waals surface area contributed by atoms with E-state index in [2.05, 4.69) is 5.10 Å². The van der Waals surface area contributed by atoms with Crippen LogP contribution in [0.5, 0.6) is 0 Å². The molecule has 0 radical (unpaired) electrons. The van der Waals surface area contributed by atoms with E-state index in [1.807, 2.05) is 60.0 Å². The van der Waals surface area contributed by atoms with Crippen LogP contribution in [0, 0.1) is 6.92 Å². The first kappa shape index (κ1) is 22.8. The molecule has 0 bridgehead atoms. The second-order valence-electron chi connectivity index (χ2n) is 7.81. The minimum Gasteiger partial charge on any atom is -0.450 e. The van der Waals surface area contributed by atoms with E-state index < -0.39 is 6.10 Å². The number of aromatic nitrogens is 2. The summed E-state index contributed by atoms with van der Waals surface area (Å²) < 4.78 is 12.6. The van der Waals surface area contributed by atoms with E-state index >= 15 is 0 Å². The molecule has 2 heterocycles. The molecule has 2 aromatic rings. The van der Waals surface area contributed by atoms with Gasteiger partial charge in [-0.15, -0.1) is 0 Å². The van der Waals surface area contributed by atoms with E-state index in [1.54, 1.807) is 18.9 Å². The molecule has 0 aliphatic carbocycles. The summed E-state index contributed by atoms with van der Waals surface area (Å²) in [6.07, 6.45) is 0.401. The van der Waals surface area contributed by atoms with Crippen molar-refractivity contribution in [3.05, 3.63) is 53.3 Å². The van der Waals surface area contributed by atoms with Crippen molar-refractivity contribution in [2.45, 2.75) is 45.4 Å². The van der Waals surface area contributed by atoms with Gasteiger partial charge in [0.05, 0.1) is 24.5 Å². The standard InChI is InChI=1S/C23H32N4O4/c1-5-31-23(29)26-13-11-19(12-14-26)27(16-20-15-17(2)24-25(20)3)22(28)21(30-4)18-9-7-6-8-10-18/h6-10,15,19,21H,5,11-14,16H2,1-4H3/t21-/m1/s1. The van der Waals surface area contributed by atoms with Crippen molar-refractivity contribution in [3.8, 4) is 0 Å². The number of carbonyl (C=O) groups is 2. The predicted octanol–water partition coefficient (Wildman–Crippen LogP) is 3.07. The van der Waals surface area contributed by atoms with Crippen molar-refractivity contribution in [2.75, 3.05) is 26.8 Å². The van der Waals surface area contributed by atoms with E-state index in [-0.39, 0.29) is 18.0 Å². The van der Waals surface area contributed by atoms with Crippen LogP contribution in [-0.4, -0.2) is 64.4 Å². The number of ether oxygens (including phenoxy) is 2. The number of benzene rings is 1. The van der Waals surface area contributed by atoms with Crippen molar-refractivity contribution in [1.82, 2.24) is 19.6 Å². The number of piperidine rings is 1. The van der Waals surface area contributed by atoms with Gasteiger partial charge in [-0.05, 0) is 38.3 Å². The van der Waals surface area contributed by atoms with Gasteiger partial charge < -0.3 is 19.3 Å². The molecule has 0 N–H and O–H groups in total. The van der Waals surface area contributed by atoms with Gasteiger partial charge in [-0.3, -0.25) is 9.48 Å². The summed E-state index contributed by atoms with van der Waals surface area (Å²) in [6, 6.07) is 11.5. The van der Waals surface area contributed by atoms with Crippen LogP contribution in [0.4, 0.5) is 4.79 Å². The number of rotatable bonds is 7. The lowest BCUT2D eigenvalue weighted by molar-refractivity contribution is -0.146. The van der Waals surface area contributed by atoms with E-state index in [4.69, 9.17) is 9.47 Å². The zero-order valence-electron chi connectivity index (χ0n) is 18.8. The maximum atomic E-state index is 13.7. The number of hydrogen-bond acceptors (Lipinski definition) is 5. The molecule has 8 heteroatoms. The third kappa shape index (κ3) is 5.44. The molecule has 1 aromatic carbocycles. The third-order valence-electron chi connectivity index (χ3n) is 5.71. The van der Waals surface area contributed by atoms with Gasteiger partial charge >= 0.3 is 6.09 Å². The molecule has 0 saturated carbocycles. The summed E-state index contributed by atoms with van der Waals surface area (Å²) in [5, 5.41) is 4.43. The Morgan fingerprint density at radius 1 is 1.23 bits per heavy atom. The minimum atomic E-state index is -0.682. The number of likely N-dealkylation sites (tertiary alicyclic amines) is 1. The summed E-state index contributed by atoms with van der Waals surface area (Å²) in [5.41, 5.74) is 2.69. The summed E-state index contributed by atoms with van der Waals surface area (Å²) in [4.78, 5) is 29.4. The lowest BCUT2D eigenvalue weighted by Gasteiger charge is -2.39. The Labute approximate surface area is 183 Å². The molecule has 1 aromatic heterocycles. The highest BCUT2D eigenvalue weighted by Crippen LogP contribution is 2.26. The summed E-state index contributed by atoms with van der Waals surface area (Å²) >= 11 is 0. The van der Waals surface area contributed by atoms with Crippen LogP contribution >= 0.6 is 0 Å². The molecule has 168 valence electrons. The highest BCUT2D eigenvalue weighted by atomic mass is 16.6. The highest BCUT2D eigenvalue weighted by molar-refractivity contribution is 5.82. The molecule has 1 fully saturated rings. The average Bonchev–Trinajstić information content (AvgIpc) is 3.10. The van der Waals surface area contributed by atoms with Crippen LogP contribution in [0.25, 0.3) is 0 Å². The first-order valence-corrected chi connectivity index (χ1v) is 10.7. The summed E-state index contributed by atoms with van der Waals surface area (Å²) in [6.45, 7) is 5.65. The Morgan fingerprint density at radius 2 is 1.90 bits per heavy atom. The minimum absolute atomic E-state index is 0.00487. The van der Waals surface area contributed by atoms with Gasteiger partial charge in [0.25, 0.3) is 5.91 Å². The molecule has 8 nitrogen and oxygen atoms in total. The van der Waals surface area contributed by atoms with Gasteiger partial charge in [-0.2, -0.15) is 5.10 Å². The van der Waals surface area contributed by atoms with Gasteiger partial charge in [0, 0.05) is 33.3 Å². The Bertz CT molecular complexity index is 875. The fourth-order valence-electron chi connectivity index (χ4n) is 4.11. The quantitative estimate of drug-likeness (QED) is 0.677. The molecule has 2 amide bonds. The Hall–Kier alpha value is -2.87. The largest absolute Gasteiger partial charge is 0.450 e. The normalized spacial score (nSPS) is 15.5. The molecular weight excluding hydrogens is 396 g/mol. The molecular formula is C23H32N4O4. The Kier molecular flexibility index (Phi) is 7.68. The van der Waals surface area contributed by atoms with Crippen LogP contribution in [0.3, 0.4) is 0 Å². The van der Waals surface area contributed by atoms with E-state index in [0.29, 0.717) is 39.1 Å². The predicted molar refractivity (Wildman–Crippen MR) is 116 cm³/mol. The van der Waals surface area contributed by atoms with E-state index in [9.17, 15) is 9.59 Å². The molecule has 0 spiro atoms. The number of carbonyl (C=O) groups excluding carboxylic acids is 2. The Balaban J connectivity index is 1.82. The lowest BCUT2D eigenvalue weighted by Crippen LogP contribution is -2.50. The van der Waals surface area contributed by atoms with E-state index in [0.717, 1.165) is 17.0 Å². The van der Waals surface area contributed by atoms with Gasteiger partial charge in [-0.1, -0.05) is 30.3 Å². The smallest absolute Gasteiger partial charge is 0.409 e. The fourth-order valence-corrected chi connectivity index (χ4v) is 4.11. The zero-order valence-corrected chi connectivity index (χ0v) is 18.8. The van der Waals surface area contributed by atoms with Crippen LogP contribution < -0.4 is 0 Å². The first-order valence-electron chi connectivity index (χ1n) is 10.7. The van der Waals surface area contributed by atoms with Gasteiger partial charge in [0.2, 0.25) is 0 Å². The Morgan fingerprint density at radius 3 is 2.45 bits per heavy atom. The number of hydrogen-bond donors (Lipinski definition) is 0. The number of amides is 2. The molecule has 1 saturated heterocycles. The van der Waals surface area contributed by atoms with Crippen molar-refractivity contribution >= 4 is 12.0 Å². The van der Waals surface area contributed by atoms with Crippen molar-refractivity contribution in [3.63, 3.8) is 0 Å². The third-order valence-corrected chi connectivity index (χ3v) is 5.71. The van der Waals surface area contributed by atoms with Gasteiger partial charge in [0.15, 0.2) is 6.10 Å². The van der Waals surface area contributed by atoms with Gasteiger partial charge in [-0.25, -0.2) is 4.79 Å². The second-order valence-corrected chi connectivity index (χ2v) is 7.81. The molecule has 1 aliphatic heterocycles. The van der Waals surface area contributed by atoms with Crippen LogP contribution in [0.1, 0.15) is 42.8 Å². The topological polar surface area (TPSA) is 76.9 Å². The maximum absolute atomic E-state index is 13.7. The van der Waals surface area contributed by atoms with Gasteiger partial charge in [0.1, 0.15) is 0 Å². The van der Waals surface area contributed by atoms with Crippen molar-refractivity contribution < 1.29 is 19.1 Å². The lowest BCUT2D eigenvalue weighted by atomic mass is 10.0. The van der Waals surface area contributed by atoms with E-state index in [1.165, 1.54) is 0 Å². The average molecular weight is 429 g/mol. The molecule has 1 atom stereocenters. The fraction of sp³-hybridized carbons (Fsp3) is 0.522. The zero-order chi connectivity index (χ0) is 22.4. The first-order chi connectivity index (χ1) is 14.9. The molecule has 0 unspecified atom stereocenters. The molecule has 1 aliphatic rings. The summed E-state index contributed by atoms with van der Waals surface area (Å²) in [7, 11) is 3.45. The van der Waals surface area contributed by atoms with Crippen LogP contribution in [0.15, 0.2) is 36.4 Å². The SMILES string of the molecule is CCOC(=O)N1CCC(N(Cc2cc(C)nn2C)C(=O)[C@H](OC)c2ccccc2)CC1. The monoisotopic (exact) mass is 428 g/mol. The molecule has 31 heavy (non-hydrogen) atoms. The number of methoxy groups -OCH3 is 1. The maximum Gasteiger partial charge on any atom is 0.409 e. The highest BCUT2D eigenvalue weighted by Gasteiger charge is 2.34.